The van der Waals surface area contributed by atoms with Crippen LogP contribution < -0.4 is 5.32 Å². The van der Waals surface area contributed by atoms with Crippen LogP contribution in [0.2, 0.25) is 0 Å². The van der Waals surface area contributed by atoms with Crippen LogP contribution in [0.4, 0.5) is 5.82 Å². The van der Waals surface area contributed by atoms with Crippen molar-refractivity contribution in [2.24, 2.45) is 5.92 Å². The summed E-state index contributed by atoms with van der Waals surface area (Å²) in [5.41, 5.74) is 1.26. The number of nitrogens with zero attached hydrogens (tertiary/aromatic N) is 4. The third-order valence-corrected chi connectivity index (χ3v) is 4.64. The van der Waals surface area contributed by atoms with Crippen molar-refractivity contribution in [3.8, 4) is 0 Å². The third-order valence-electron chi connectivity index (χ3n) is 4.64. The zero-order valence-corrected chi connectivity index (χ0v) is 12.9. The van der Waals surface area contributed by atoms with Gasteiger partial charge < -0.3 is 14.8 Å². The van der Waals surface area contributed by atoms with Gasteiger partial charge in [-0.3, -0.25) is 0 Å². The van der Waals surface area contributed by atoms with Crippen molar-refractivity contribution in [1.82, 2.24) is 19.4 Å². The maximum absolute atomic E-state index is 4.63. The summed E-state index contributed by atoms with van der Waals surface area (Å²) in [5, 5.41) is 3.39. The first-order valence-corrected chi connectivity index (χ1v) is 8.29. The standard InChI is InChI=1S/C17H23N5/c1-2-7-18-16(3-1)19-11-15-12-20-17-6-8-21(9-10-22(15)17)13-14-4-5-14/h1-3,7,12,14H,4-6,8-11,13H2,(H,18,19). The molecule has 0 bridgehead atoms. The van der Waals surface area contributed by atoms with Crippen LogP contribution in [0, 0.1) is 5.92 Å². The fourth-order valence-corrected chi connectivity index (χ4v) is 3.18. The van der Waals surface area contributed by atoms with Crippen LogP contribution in [-0.2, 0) is 19.5 Å². The van der Waals surface area contributed by atoms with Gasteiger partial charge in [0.1, 0.15) is 11.6 Å². The molecule has 116 valence electrons. The van der Waals surface area contributed by atoms with Gasteiger partial charge in [0.05, 0.1) is 18.4 Å². The average Bonchev–Trinajstić information content (AvgIpc) is 3.32. The normalized spacial score (nSPS) is 18.7. The van der Waals surface area contributed by atoms with Gasteiger partial charge in [0.2, 0.25) is 0 Å². The Kier molecular flexibility index (Phi) is 3.81. The molecule has 2 aromatic heterocycles. The van der Waals surface area contributed by atoms with E-state index in [0.717, 1.165) is 44.3 Å². The van der Waals surface area contributed by atoms with E-state index in [1.54, 1.807) is 0 Å². The predicted molar refractivity (Wildman–Crippen MR) is 86.7 cm³/mol. The number of hydrogen-bond donors (Lipinski definition) is 1. The van der Waals surface area contributed by atoms with Gasteiger partial charge in [-0.1, -0.05) is 6.07 Å². The molecule has 2 aliphatic rings. The topological polar surface area (TPSA) is 46.0 Å². The number of anilines is 1. The lowest BCUT2D eigenvalue weighted by molar-refractivity contribution is 0.268. The summed E-state index contributed by atoms with van der Waals surface area (Å²) in [5.74, 6) is 3.12. The molecule has 1 aliphatic carbocycles. The molecule has 1 N–H and O–H groups in total. The van der Waals surface area contributed by atoms with Gasteiger partial charge in [0, 0.05) is 38.8 Å². The number of pyridine rings is 1. The molecular weight excluding hydrogens is 274 g/mol. The molecule has 0 aromatic carbocycles. The van der Waals surface area contributed by atoms with Crippen molar-refractivity contribution in [3.63, 3.8) is 0 Å². The lowest BCUT2D eigenvalue weighted by Gasteiger charge is -2.19. The van der Waals surface area contributed by atoms with Crippen LogP contribution in [0.15, 0.2) is 30.6 Å². The number of nitrogens with one attached hydrogen (secondary N) is 1. The monoisotopic (exact) mass is 297 g/mol. The smallest absolute Gasteiger partial charge is 0.126 e. The van der Waals surface area contributed by atoms with E-state index in [-0.39, 0.29) is 0 Å². The highest BCUT2D eigenvalue weighted by atomic mass is 15.2. The van der Waals surface area contributed by atoms with E-state index in [0.29, 0.717) is 0 Å². The molecular formula is C17H23N5. The van der Waals surface area contributed by atoms with Crippen LogP contribution in [0.25, 0.3) is 0 Å². The van der Waals surface area contributed by atoms with Crippen molar-refractivity contribution in [2.75, 3.05) is 25.0 Å². The Hall–Kier alpha value is -1.88. The maximum Gasteiger partial charge on any atom is 0.126 e. The number of imidazole rings is 1. The van der Waals surface area contributed by atoms with Crippen molar-refractivity contribution < 1.29 is 0 Å². The Balaban J connectivity index is 1.40. The van der Waals surface area contributed by atoms with Crippen LogP contribution in [0.3, 0.4) is 0 Å². The highest BCUT2D eigenvalue weighted by Crippen LogP contribution is 2.30. The fraction of sp³-hybridized carbons (Fsp3) is 0.529. The molecule has 3 heterocycles. The SMILES string of the molecule is c1ccc(NCc2cnc3n2CCN(CC2CC2)CC3)nc1. The molecule has 0 radical (unpaired) electrons. The first-order valence-electron chi connectivity index (χ1n) is 8.29. The highest BCUT2D eigenvalue weighted by molar-refractivity contribution is 5.33. The second-order valence-corrected chi connectivity index (χ2v) is 6.38. The molecule has 1 fully saturated rings. The minimum atomic E-state index is 0.784. The van der Waals surface area contributed by atoms with E-state index < -0.39 is 0 Å². The van der Waals surface area contributed by atoms with Gasteiger partial charge in [-0.05, 0) is 30.9 Å². The van der Waals surface area contributed by atoms with Gasteiger partial charge in [-0.2, -0.15) is 0 Å². The molecule has 0 unspecified atom stereocenters. The quantitative estimate of drug-likeness (QED) is 0.918. The second-order valence-electron chi connectivity index (χ2n) is 6.38. The van der Waals surface area contributed by atoms with Crippen molar-refractivity contribution in [3.05, 3.63) is 42.1 Å². The molecule has 1 saturated carbocycles. The summed E-state index contributed by atoms with van der Waals surface area (Å²) in [4.78, 5) is 11.6. The third kappa shape index (κ3) is 3.14. The molecule has 0 atom stereocenters. The molecule has 5 heteroatoms. The van der Waals surface area contributed by atoms with Crippen LogP contribution >= 0.6 is 0 Å². The Morgan fingerprint density at radius 3 is 2.91 bits per heavy atom. The van der Waals surface area contributed by atoms with Gasteiger partial charge in [-0.15, -0.1) is 0 Å². The molecule has 0 amide bonds. The summed E-state index contributed by atoms with van der Waals surface area (Å²) in [6.07, 6.45) is 7.76. The molecule has 4 rings (SSSR count). The summed E-state index contributed by atoms with van der Waals surface area (Å²) in [7, 11) is 0. The first-order chi connectivity index (χ1) is 10.9. The largest absolute Gasteiger partial charge is 0.364 e. The molecule has 2 aromatic rings. The Bertz CT molecular complexity index is 617. The lowest BCUT2D eigenvalue weighted by atomic mass is 10.3. The Morgan fingerprint density at radius 2 is 2.09 bits per heavy atom. The second kappa shape index (κ2) is 6.08. The lowest BCUT2D eigenvalue weighted by Crippen LogP contribution is -2.29. The number of aromatic nitrogens is 3. The zero-order chi connectivity index (χ0) is 14.8. The summed E-state index contributed by atoms with van der Waals surface area (Å²) >= 11 is 0. The number of hydrogen-bond acceptors (Lipinski definition) is 4. The molecule has 1 aliphatic heterocycles. The molecule has 22 heavy (non-hydrogen) atoms. The van der Waals surface area contributed by atoms with Gasteiger partial charge in [0.25, 0.3) is 0 Å². The Labute approximate surface area is 131 Å². The van der Waals surface area contributed by atoms with Crippen molar-refractivity contribution in [2.45, 2.75) is 32.4 Å². The van der Waals surface area contributed by atoms with Gasteiger partial charge in [0.15, 0.2) is 0 Å². The summed E-state index contributed by atoms with van der Waals surface area (Å²) in [6, 6.07) is 5.93. The Morgan fingerprint density at radius 1 is 1.14 bits per heavy atom. The van der Waals surface area contributed by atoms with Gasteiger partial charge in [-0.25, -0.2) is 9.97 Å². The van der Waals surface area contributed by atoms with Crippen LogP contribution in [0.1, 0.15) is 24.4 Å². The van der Waals surface area contributed by atoms with Crippen molar-refractivity contribution in [1.29, 1.82) is 0 Å². The van der Waals surface area contributed by atoms with Crippen LogP contribution in [-0.4, -0.2) is 39.1 Å². The fourth-order valence-electron chi connectivity index (χ4n) is 3.18. The predicted octanol–water partition coefficient (Wildman–Crippen LogP) is 2.16. The highest BCUT2D eigenvalue weighted by Gasteiger charge is 2.25. The molecule has 0 spiro atoms. The zero-order valence-electron chi connectivity index (χ0n) is 12.9. The van der Waals surface area contributed by atoms with E-state index in [4.69, 9.17) is 0 Å². The number of fused-ring (bicyclic) bond motifs is 1. The maximum atomic E-state index is 4.63. The minimum Gasteiger partial charge on any atom is -0.364 e. The van der Waals surface area contributed by atoms with E-state index in [2.05, 4.69) is 24.8 Å². The molecule has 0 saturated heterocycles. The minimum absolute atomic E-state index is 0.784. The van der Waals surface area contributed by atoms with E-state index >= 15 is 0 Å². The summed E-state index contributed by atoms with van der Waals surface area (Å²) < 4.78 is 2.39. The molecule has 5 nitrogen and oxygen atoms in total. The van der Waals surface area contributed by atoms with E-state index in [1.165, 1.54) is 30.9 Å². The van der Waals surface area contributed by atoms with Crippen molar-refractivity contribution >= 4 is 5.82 Å². The number of rotatable bonds is 5. The van der Waals surface area contributed by atoms with E-state index in [9.17, 15) is 0 Å². The van der Waals surface area contributed by atoms with E-state index in [1.807, 2.05) is 30.6 Å². The van der Waals surface area contributed by atoms with Gasteiger partial charge >= 0.3 is 0 Å². The average molecular weight is 297 g/mol. The van der Waals surface area contributed by atoms with Crippen LogP contribution in [0.5, 0.6) is 0 Å². The summed E-state index contributed by atoms with van der Waals surface area (Å²) in [6.45, 7) is 5.43. The first kappa shape index (κ1) is 13.8.